The molecule has 0 amide bonds. The van der Waals surface area contributed by atoms with Crippen LogP contribution in [0.3, 0.4) is 0 Å². The molecule has 0 fully saturated rings. The van der Waals surface area contributed by atoms with Crippen LogP contribution in [0.2, 0.25) is 0 Å². The van der Waals surface area contributed by atoms with Crippen molar-refractivity contribution < 1.29 is 13.6 Å². The number of carbonyl (C=O) groups excluding carboxylic acids is 1. The van der Waals surface area contributed by atoms with E-state index in [0.717, 1.165) is 6.07 Å². The number of benzene rings is 2. The third-order valence-corrected chi connectivity index (χ3v) is 3.15. The number of H-pyrrole nitrogens is 1. The molecule has 0 bridgehead atoms. The van der Waals surface area contributed by atoms with Gasteiger partial charge in [-0.25, -0.2) is 8.78 Å². The molecule has 3 N–H and O–H groups in total. The number of carbonyl (C=O) groups is 1. The minimum atomic E-state index is -0.651. The summed E-state index contributed by atoms with van der Waals surface area (Å²) in [6.07, 6.45) is 1.49. The number of fused-ring (bicyclic) bond motifs is 1. The number of anilines is 1. The van der Waals surface area contributed by atoms with Gasteiger partial charge in [-0.05, 0) is 36.4 Å². The molecule has 0 unspecified atom stereocenters. The zero-order valence-corrected chi connectivity index (χ0v) is 10.3. The zero-order chi connectivity index (χ0) is 14.3. The third-order valence-electron chi connectivity index (χ3n) is 3.15. The topological polar surface area (TPSA) is 58.9 Å². The fourth-order valence-electron chi connectivity index (χ4n) is 2.10. The van der Waals surface area contributed by atoms with Gasteiger partial charge in [0.15, 0.2) is 5.78 Å². The number of nitrogen functional groups attached to an aromatic ring is 1. The fraction of sp³-hybridized carbons (Fsp3) is 0. The van der Waals surface area contributed by atoms with Crippen molar-refractivity contribution >= 4 is 22.4 Å². The Bertz CT molecular complexity index is 824. The number of nitrogens with one attached hydrogen (secondary N) is 1. The largest absolute Gasteiger partial charge is 0.396 e. The molecule has 0 atom stereocenters. The average molecular weight is 272 g/mol. The molecule has 2 aromatic carbocycles. The number of halogens is 2. The standard InChI is InChI=1S/C15H10F2N2O/c16-9-2-4-14-10(6-9)11(7-19-14)15(20)8-1-3-13(18)12(17)5-8/h1-7,19H,18H2. The maximum atomic E-state index is 13.4. The normalized spacial score (nSPS) is 10.9. The van der Waals surface area contributed by atoms with E-state index in [1.165, 1.54) is 30.5 Å². The van der Waals surface area contributed by atoms with Gasteiger partial charge in [-0.15, -0.1) is 0 Å². The number of rotatable bonds is 2. The van der Waals surface area contributed by atoms with Gasteiger partial charge in [-0.1, -0.05) is 0 Å². The number of aromatic amines is 1. The van der Waals surface area contributed by atoms with E-state index in [2.05, 4.69) is 4.98 Å². The Balaban J connectivity index is 2.12. The van der Waals surface area contributed by atoms with Gasteiger partial charge in [-0.2, -0.15) is 0 Å². The van der Waals surface area contributed by atoms with E-state index in [1.54, 1.807) is 6.07 Å². The number of nitrogens with two attached hydrogens (primary N) is 1. The molecule has 0 aliphatic carbocycles. The summed E-state index contributed by atoms with van der Waals surface area (Å²) in [5.74, 6) is -1.47. The molecule has 0 aliphatic rings. The Morgan fingerprint density at radius 2 is 1.90 bits per heavy atom. The average Bonchev–Trinajstić information content (AvgIpc) is 2.84. The van der Waals surface area contributed by atoms with E-state index in [0.29, 0.717) is 16.5 Å². The van der Waals surface area contributed by atoms with E-state index in [-0.39, 0.29) is 17.0 Å². The second-order valence-electron chi connectivity index (χ2n) is 4.46. The highest BCUT2D eigenvalue weighted by atomic mass is 19.1. The van der Waals surface area contributed by atoms with Gasteiger partial charge in [0.2, 0.25) is 0 Å². The second kappa shape index (κ2) is 4.45. The molecule has 0 radical (unpaired) electrons. The van der Waals surface area contributed by atoms with Crippen LogP contribution < -0.4 is 5.73 Å². The van der Waals surface area contributed by atoms with Crippen molar-refractivity contribution in [3.8, 4) is 0 Å². The summed E-state index contributed by atoms with van der Waals surface area (Å²) in [6.45, 7) is 0. The lowest BCUT2D eigenvalue weighted by molar-refractivity contribution is 0.104. The van der Waals surface area contributed by atoms with Crippen molar-refractivity contribution in [1.82, 2.24) is 4.98 Å². The summed E-state index contributed by atoms with van der Waals surface area (Å²) in [5, 5.41) is 0.465. The van der Waals surface area contributed by atoms with Crippen molar-refractivity contribution in [3.05, 3.63) is 65.4 Å². The van der Waals surface area contributed by atoms with Gasteiger partial charge in [-0.3, -0.25) is 4.79 Å². The van der Waals surface area contributed by atoms with Gasteiger partial charge in [0, 0.05) is 28.2 Å². The quantitative estimate of drug-likeness (QED) is 0.555. The number of hydrogen-bond donors (Lipinski definition) is 2. The molecule has 3 aromatic rings. The highest BCUT2D eigenvalue weighted by Crippen LogP contribution is 2.23. The Morgan fingerprint density at radius 1 is 1.10 bits per heavy atom. The first kappa shape index (κ1) is 12.3. The van der Waals surface area contributed by atoms with E-state index in [4.69, 9.17) is 5.73 Å². The van der Waals surface area contributed by atoms with E-state index in [1.807, 2.05) is 0 Å². The van der Waals surface area contributed by atoms with Gasteiger partial charge in [0.05, 0.1) is 5.69 Å². The van der Waals surface area contributed by atoms with Gasteiger partial charge >= 0.3 is 0 Å². The smallest absolute Gasteiger partial charge is 0.195 e. The van der Waals surface area contributed by atoms with Gasteiger partial charge < -0.3 is 10.7 Å². The van der Waals surface area contributed by atoms with Gasteiger partial charge in [0.1, 0.15) is 11.6 Å². The molecule has 100 valence electrons. The molecule has 3 nitrogen and oxygen atoms in total. The summed E-state index contributed by atoms with van der Waals surface area (Å²) < 4.78 is 26.7. The summed E-state index contributed by atoms with van der Waals surface area (Å²) in [6, 6.07) is 7.97. The Morgan fingerprint density at radius 3 is 2.65 bits per heavy atom. The molecule has 1 heterocycles. The van der Waals surface area contributed by atoms with Crippen LogP contribution in [-0.2, 0) is 0 Å². The minimum absolute atomic E-state index is 0.0217. The molecular weight excluding hydrogens is 262 g/mol. The van der Waals surface area contributed by atoms with Crippen molar-refractivity contribution in [2.75, 3.05) is 5.73 Å². The van der Waals surface area contributed by atoms with Crippen molar-refractivity contribution in [3.63, 3.8) is 0 Å². The van der Waals surface area contributed by atoms with Crippen LogP contribution in [0, 0.1) is 11.6 Å². The molecule has 20 heavy (non-hydrogen) atoms. The third kappa shape index (κ3) is 1.93. The highest BCUT2D eigenvalue weighted by Gasteiger charge is 2.15. The molecule has 0 spiro atoms. The van der Waals surface area contributed by atoms with E-state index in [9.17, 15) is 13.6 Å². The van der Waals surface area contributed by atoms with Crippen molar-refractivity contribution in [2.24, 2.45) is 0 Å². The summed E-state index contributed by atoms with van der Waals surface area (Å²) >= 11 is 0. The van der Waals surface area contributed by atoms with Crippen LogP contribution in [0.25, 0.3) is 10.9 Å². The molecule has 1 aromatic heterocycles. The number of ketones is 1. The first-order chi connectivity index (χ1) is 9.56. The molecule has 5 heteroatoms. The lowest BCUT2D eigenvalue weighted by Gasteiger charge is -2.02. The van der Waals surface area contributed by atoms with Crippen LogP contribution in [-0.4, -0.2) is 10.8 Å². The Hall–Kier alpha value is -2.69. The molecule has 3 rings (SSSR count). The predicted octanol–water partition coefficient (Wildman–Crippen LogP) is 3.26. The molecule has 0 saturated carbocycles. The summed E-state index contributed by atoms with van der Waals surface area (Å²) in [5.41, 5.74) is 6.46. The van der Waals surface area contributed by atoms with Crippen LogP contribution in [0.15, 0.2) is 42.6 Å². The van der Waals surface area contributed by atoms with Crippen molar-refractivity contribution in [2.45, 2.75) is 0 Å². The predicted molar refractivity (Wildman–Crippen MR) is 72.5 cm³/mol. The van der Waals surface area contributed by atoms with Gasteiger partial charge in [0.25, 0.3) is 0 Å². The van der Waals surface area contributed by atoms with Crippen LogP contribution in [0.5, 0.6) is 0 Å². The van der Waals surface area contributed by atoms with Crippen LogP contribution in [0.4, 0.5) is 14.5 Å². The summed E-state index contributed by atoms with van der Waals surface area (Å²) in [4.78, 5) is 15.2. The maximum Gasteiger partial charge on any atom is 0.195 e. The second-order valence-corrected chi connectivity index (χ2v) is 4.46. The van der Waals surface area contributed by atoms with E-state index >= 15 is 0 Å². The molecule has 0 aliphatic heterocycles. The highest BCUT2D eigenvalue weighted by molar-refractivity contribution is 6.16. The Kier molecular flexibility index (Phi) is 2.75. The van der Waals surface area contributed by atoms with E-state index < -0.39 is 11.6 Å². The first-order valence-electron chi connectivity index (χ1n) is 5.92. The lowest BCUT2D eigenvalue weighted by Crippen LogP contribution is -2.02. The van der Waals surface area contributed by atoms with Crippen LogP contribution in [0.1, 0.15) is 15.9 Å². The molecule has 0 saturated heterocycles. The van der Waals surface area contributed by atoms with Crippen LogP contribution >= 0.6 is 0 Å². The first-order valence-corrected chi connectivity index (χ1v) is 5.92. The number of hydrogen-bond acceptors (Lipinski definition) is 2. The number of aromatic nitrogens is 1. The summed E-state index contributed by atoms with van der Waals surface area (Å²) in [7, 11) is 0. The van der Waals surface area contributed by atoms with Crippen molar-refractivity contribution in [1.29, 1.82) is 0 Å². The fourth-order valence-corrected chi connectivity index (χ4v) is 2.10. The lowest BCUT2D eigenvalue weighted by atomic mass is 10.0. The monoisotopic (exact) mass is 272 g/mol. The zero-order valence-electron chi connectivity index (χ0n) is 10.3. The Labute approximate surface area is 113 Å². The molecular formula is C15H10F2N2O. The minimum Gasteiger partial charge on any atom is -0.396 e. The maximum absolute atomic E-state index is 13.4. The SMILES string of the molecule is Nc1ccc(C(=O)c2c[nH]c3ccc(F)cc23)cc1F.